The number of hydrogen-bond donors (Lipinski definition) is 1. The maximum Gasteiger partial charge on any atom is 0.573 e. The van der Waals surface area contributed by atoms with E-state index in [1.54, 1.807) is 18.2 Å². The van der Waals surface area contributed by atoms with Crippen LogP contribution >= 0.6 is 15.9 Å². The van der Waals surface area contributed by atoms with Crippen molar-refractivity contribution in [1.82, 2.24) is 4.98 Å². The van der Waals surface area contributed by atoms with Crippen LogP contribution in [-0.4, -0.2) is 11.3 Å². The van der Waals surface area contributed by atoms with Gasteiger partial charge in [0.1, 0.15) is 5.82 Å². The summed E-state index contributed by atoms with van der Waals surface area (Å²) in [5, 5.41) is 2.77. The predicted molar refractivity (Wildman–Crippen MR) is 68.3 cm³/mol. The van der Waals surface area contributed by atoms with E-state index in [-0.39, 0.29) is 11.4 Å². The highest BCUT2D eigenvalue weighted by Crippen LogP contribution is 2.31. The molecule has 100 valence electrons. The van der Waals surface area contributed by atoms with Gasteiger partial charge in [0.05, 0.1) is 5.69 Å². The first-order valence-corrected chi connectivity index (χ1v) is 5.97. The highest BCUT2D eigenvalue weighted by molar-refractivity contribution is 9.10. The molecule has 0 aliphatic heterocycles. The minimum Gasteiger partial charge on any atom is -0.404 e. The van der Waals surface area contributed by atoms with Crippen LogP contribution < -0.4 is 10.1 Å². The summed E-state index contributed by atoms with van der Waals surface area (Å²) in [4.78, 5) is 4.02. The summed E-state index contributed by atoms with van der Waals surface area (Å²) in [7, 11) is 0. The van der Waals surface area contributed by atoms with Crippen LogP contribution in [0.4, 0.5) is 24.7 Å². The first-order chi connectivity index (χ1) is 8.94. The molecule has 0 unspecified atom stereocenters. The molecule has 0 amide bonds. The number of aromatic nitrogens is 1. The van der Waals surface area contributed by atoms with Gasteiger partial charge in [-0.05, 0) is 40.2 Å². The summed E-state index contributed by atoms with van der Waals surface area (Å²) in [6.07, 6.45) is -3.19. The van der Waals surface area contributed by atoms with Gasteiger partial charge in [0, 0.05) is 10.7 Å². The average molecular weight is 333 g/mol. The lowest BCUT2D eigenvalue weighted by atomic mass is 10.3. The third-order valence-corrected chi connectivity index (χ3v) is 2.57. The van der Waals surface area contributed by atoms with E-state index >= 15 is 0 Å². The quantitative estimate of drug-likeness (QED) is 0.899. The summed E-state index contributed by atoms with van der Waals surface area (Å²) in [5.74, 6) is 0.112. The molecule has 0 spiro atoms. The molecule has 1 N–H and O–H groups in total. The molecule has 0 bridgehead atoms. The fourth-order valence-electron chi connectivity index (χ4n) is 1.37. The SMILES string of the molecule is FC(F)(F)Oc1ccccc1Nc1ccc(Br)cn1. The molecule has 19 heavy (non-hydrogen) atoms. The van der Waals surface area contributed by atoms with Crippen LogP contribution in [0, 0.1) is 0 Å². The fraction of sp³-hybridized carbons (Fsp3) is 0.0833. The maximum absolute atomic E-state index is 12.2. The minimum atomic E-state index is -4.73. The van der Waals surface area contributed by atoms with Crippen LogP contribution in [0.3, 0.4) is 0 Å². The standard InChI is InChI=1S/C12H8BrF3N2O/c13-8-5-6-11(17-7-8)18-9-3-1-2-4-10(9)19-12(14,15)16/h1-7H,(H,17,18). The number of hydrogen-bond acceptors (Lipinski definition) is 3. The number of nitrogens with zero attached hydrogens (tertiary/aromatic N) is 1. The van der Waals surface area contributed by atoms with E-state index in [4.69, 9.17) is 0 Å². The van der Waals surface area contributed by atoms with Crippen LogP contribution in [0.25, 0.3) is 0 Å². The Bertz CT molecular complexity index is 558. The third kappa shape index (κ3) is 4.13. The molecule has 0 atom stereocenters. The Morgan fingerprint density at radius 1 is 1.11 bits per heavy atom. The highest BCUT2D eigenvalue weighted by Gasteiger charge is 2.32. The third-order valence-electron chi connectivity index (χ3n) is 2.10. The van der Waals surface area contributed by atoms with E-state index in [0.29, 0.717) is 5.82 Å². The number of para-hydroxylation sites is 2. The Labute approximate surface area is 115 Å². The number of alkyl halides is 3. The van der Waals surface area contributed by atoms with Gasteiger partial charge in [0.25, 0.3) is 0 Å². The van der Waals surface area contributed by atoms with E-state index in [0.717, 1.165) is 4.47 Å². The van der Waals surface area contributed by atoms with Gasteiger partial charge in [-0.2, -0.15) is 0 Å². The highest BCUT2D eigenvalue weighted by atomic mass is 79.9. The number of halogens is 4. The van der Waals surface area contributed by atoms with Crippen molar-refractivity contribution in [1.29, 1.82) is 0 Å². The predicted octanol–water partition coefficient (Wildman–Crippen LogP) is 4.49. The van der Waals surface area contributed by atoms with E-state index in [9.17, 15) is 13.2 Å². The Kier molecular flexibility index (Phi) is 3.94. The number of rotatable bonds is 3. The van der Waals surface area contributed by atoms with E-state index in [2.05, 4.69) is 31.0 Å². The van der Waals surface area contributed by atoms with Gasteiger partial charge >= 0.3 is 6.36 Å². The molecule has 0 saturated heterocycles. The van der Waals surface area contributed by atoms with E-state index in [1.807, 2.05) is 0 Å². The second-order valence-electron chi connectivity index (χ2n) is 3.53. The lowest BCUT2D eigenvalue weighted by molar-refractivity contribution is -0.274. The Hall–Kier alpha value is -1.76. The van der Waals surface area contributed by atoms with Crippen molar-refractivity contribution in [3.63, 3.8) is 0 Å². The van der Waals surface area contributed by atoms with Crippen LogP contribution in [0.5, 0.6) is 5.75 Å². The van der Waals surface area contributed by atoms with Gasteiger partial charge in [-0.3, -0.25) is 0 Å². The smallest absolute Gasteiger partial charge is 0.404 e. The first-order valence-electron chi connectivity index (χ1n) is 5.17. The van der Waals surface area contributed by atoms with Crippen LogP contribution in [-0.2, 0) is 0 Å². The Morgan fingerprint density at radius 3 is 2.47 bits per heavy atom. The van der Waals surface area contributed by atoms with Crippen molar-refractivity contribution in [3.05, 3.63) is 47.1 Å². The second kappa shape index (κ2) is 5.48. The number of nitrogens with one attached hydrogen (secondary N) is 1. The van der Waals surface area contributed by atoms with Crippen molar-refractivity contribution < 1.29 is 17.9 Å². The number of pyridine rings is 1. The second-order valence-corrected chi connectivity index (χ2v) is 4.45. The molecular weight excluding hydrogens is 325 g/mol. The molecule has 1 heterocycles. The molecule has 7 heteroatoms. The maximum atomic E-state index is 12.2. The van der Waals surface area contributed by atoms with Crippen LogP contribution in [0.1, 0.15) is 0 Å². The molecule has 0 aliphatic rings. The number of benzene rings is 1. The molecule has 1 aromatic heterocycles. The van der Waals surface area contributed by atoms with Gasteiger partial charge in [-0.1, -0.05) is 12.1 Å². The molecule has 1 aromatic carbocycles. The summed E-state index contributed by atoms with van der Waals surface area (Å²) in [6, 6.07) is 9.13. The minimum absolute atomic E-state index is 0.189. The molecule has 2 aromatic rings. The monoisotopic (exact) mass is 332 g/mol. The van der Waals surface area contributed by atoms with E-state index < -0.39 is 6.36 Å². The van der Waals surface area contributed by atoms with Crippen molar-refractivity contribution in [2.75, 3.05) is 5.32 Å². The van der Waals surface area contributed by atoms with Gasteiger partial charge in [-0.25, -0.2) is 4.98 Å². The molecule has 0 aliphatic carbocycles. The van der Waals surface area contributed by atoms with Crippen LogP contribution in [0.15, 0.2) is 47.1 Å². The topological polar surface area (TPSA) is 34.1 Å². The molecular formula is C12H8BrF3N2O. The lowest BCUT2D eigenvalue weighted by Gasteiger charge is -2.14. The zero-order chi connectivity index (χ0) is 13.9. The first kappa shape index (κ1) is 13.7. The van der Waals surface area contributed by atoms with Gasteiger partial charge in [0.2, 0.25) is 0 Å². The summed E-state index contributed by atoms with van der Waals surface area (Å²) in [5.41, 5.74) is 0.189. The molecule has 0 saturated carbocycles. The van der Waals surface area contributed by atoms with Crippen molar-refractivity contribution in [2.45, 2.75) is 6.36 Å². The average Bonchev–Trinajstić information content (AvgIpc) is 2.33. The van der Waals surface area contributed by atoms with Crippen molar-refractivity contribution in [2.24, 2.45) is 0 Å². The molecule has 2 rings (SSSR count). The molecule has 3 nitrogen and oxygen atoms in total. The normalized spacial score (nSPS) is 11.2. The lowest BCUT2D eigenvalue weighted by Crippen LogP contribution is -2.17. The summed E-state index contributed by atoms with van der Waals surface area (Å²) in [6.45, 7) is 0. The summed E-state index contributed by atoms with van der Waals surface area (Å²) < 4.78 is 41.4. The van der Waals surface area contributed by atoms with Crippen LogP contribution in [0.2, 0.25) is 0 Å². The molecule has 0 radical (unpaired) electrons. The fourth-order valence-corrected chi connectivity index (χ4v) is 1.61. The van der Waals surface area contributed by atoms with Crippen molar-refractivity contribution >= 4 is 27.4 Å². The van der Waals surface area contributed by atoms with Gasteiger partial charge in [0.15, 0.2) is 5.75 Å². The van der Waals surface area contributed by atoms with Gasteiger partial charge in [-0.15, -0.1) is 13.2 Å². The van der Waals surface area contributed by atoms with Gasteiger partial charge < -0.3 is 10.1 Å². The Morgan fingerprint density at radius 2 is 1.84 bits per heavy atom. The number of ether oxygens (including phenoxy) is 1. The molecule has 0 fully saturated rings. The zero-order valence-electron chi connectivity index (χ0n) is 9.41. The van der Waals surface area contributed by atoms with E-state index in [1.165, 1.54) is 24.4 Å². The largest absolute Gasteiger partial charge is 0.573 e. The summed E-state index contributed by atoms with van der Waals surface area (Å²) >= 11 is 3.22. The zero-order valence-corrected chi connectivity index (χ0v) is 11.0. The Balaban J connectivity index is 2.22. The number of anilines is 2. The van der Waals surface area contributed by atoms with Crippen molar-refractivity contribution in [3.8, 4) is 5.75 Å².